The highest BCUT2D eigenvalue weighted by Crippen LogP contribution is 2.08. The Kier molecular flexibility index (Phi) is 4.95. The fourth-order valence-electron chi connectivity index (χ4n) is 0.752. The van der Waals surface area contributed by atoms with Crippen molar-refractivity contribution < 1.29 is 29.7 Å². The molecule has 0 aromatic rings. The summed E-state index contributed by atoms with van der Waals surface area (Å²) in [4.78, 5) is 31.2. The molecule has 0 amide bonds. The van der Waals surface area contributed by atoms with E-state index in [1.807, 2.05) is 4.72 Å². The second kappa shape index (κ2) is 5.45. The summed E-state index contributed by atoms with van der Waals surface area (Å²) in [5.41, 5.74) is 0. The fourth-order valence-corrected chi connectivity index (χ4v) is 0.968. The van der Waals surface area contributed by atoms with Crippen LogP contribution in [0.1, 0.15) is 6.42 Å². The van der Waals surface area contributed by atoms with Crippen LogP contribution < -0.4 is 4.72 Å². The Morgan fingerprint density at radius 1 is 1.07 bits per heavy atom. The molecule has 0 saturated heterocycles. The zero-order valence-electron chi connectivity index (χ0n) is 6.88. The first kappa shape index (κ1) is 12.7. The van der Waals surface area contributed by atoms with Crippen LogP contribution in [0.2, 0.25) is 0 Å². The molecule has 0 bridgehead atoms. The molecule has 1 atom stereocenters. The van der Waals surface area contributed by atoms with Gasteiger partial charge in [0, 0.05) is 0 Å². The number of carbonyl (C=O) groups is 3. The number of carboxylic acids is 3. The van der Waals surface area contributed by atoms with E-state index < -0.39 is 36.3 Å². The van der Waals surface area contributed by atoms with E-state index in [-0.39, 0.29) is 0 Å². The van der Waals surface area contributed by atoms with Crippen molar-refractivity contribution in [3.8, 4) is 0 Å². The van der Waals surface area contributed by atoms with Crippen LogP contribution in [0.25, 0.3) is 0 Å². The Bertz CT molecular complexity index is 241. The normalized spacial score (nSPS) is 12.4. The minimum absolute atomic E-state index is 0.566. The zero-order valence-corrected chi connectivity index (χ0v) is 7.77. The molecule has 14 heavy (non-hydrogen) atoms. The molecule has 0 spiro atoms. The summed E-state index contributed by atoms with van der Waals surface area (Å²) < 4.78 is 2.01. The van der Waals surface area contributed by atoms with E-state index in [0.717, 1.165) is 0 Å². The minimum Gasteiger partial charge on any atom is -0.481 e. The summed E-state index contributed by atoms with van der Waals surface area (Å²) in [5.74, 6) is -6.26. The standard InChI is InChI=1S/C6H9NO6S/c8-4(9)2(5(10)11)1-3(7-14)6(12)13/h2-3,7,14H,1H2,(H,8,9)(H,10,11)(H,12,13)/t3-/m0/s1. The van der Waals surface area contributed by atoms with E-state index in [1.165, 1.54) is 0 Å². The molecule has 0 heterocycles. The number of nitrogens with one attached hydrogen (secondary N) is 1. The van der Waals surface area contributed by atoms with Crippen molar-refractivity contribution in [3.63, 3.8) is 0 Å². The summed E-state index contributed by atoms with van der Waals surface area (Å²) in [6.45, 7) is 0. The smallest absolute Gasteiger partial charge is 0.321 e. The third-order valence-corrected chi connectivity index (χ3v) is 1.83. The third-order valence-electron chi connectivity index (χ3n) is 1.52. The highest BCUT2D eigenvalue weighted by molar-refractivity contribution is 7.78. The number of rotatable bonds is 6. The van der Waals surface area contributed by atoms with Crippen LogP contribution in [0.15, 0.2) is 0 Å². The molecule has 0 aliphatic rings. The second-order valence-electron chi connectivity index (χ2n) is 2.48. The number of hydrogen-bond acceptors (Lipinski definition) is 5. The first-order valence-electron chi connectivity index (χ1n) is 3.48. The van der Waals surface area contributed by atoms with Gasteiger partial charge < -0.3 is 15.3 Å². The lowest BCUT2D eigenvalue weighted by atomic mass is 10.0. The maximum absolute atomic E-state index is 10.4. The van der Waals surface area contributed by atoms with Gasteiger partial charge in [0.15, 0.2) is 5.92 Å². The van der Waals surface area contributed by atoms with E-state index in [4.69, 9.17) is 15.3 Å². The first-order chi connectivity index (χ1) is 6.40. The Morgan fingerprint density at radius 2 is 1.50 bits per heavy atom. The average Bonchev–Trinajstić information content (AvgIpc) is 2.03. The van der Waals surface area contributed by atoms with Gasteiger partial charge in [0.1, 0.15) is 6.04 Å². The fraction of sp³-hybridized carbons (Fsp3) is 0.500. The number of carboxylic acid groups (broad SMARTS) is 3. The molecule has 0 fully saturated rings. The van der Waals surface area contributed by atoms with Crippen molar-refractivity contribution in [2.45, 2.75) is 12.5 Å². The van der Waals surface area contributed by atoms with Crippen molar-refractivity contribution in [1.29, 1.82) is 0 Å². The highest BCUT2D eigenvalue weighted by Gasteiger charge is 2.31. The summed E-state index contributed by atoms with van der Waals surface area (Å²) >= 11 is 3.45. The molecule has 80 valence electrons. The van der Waals surface area contributed by atoms with Gasteiger partial charge in [0.2, 0.25) is 0 Å². The lowest BCUT2D eigenvalue weighted by Crippen LogP contribution is -2.37. The summed E-state index contributed by atoms with van der Waals surface area (Å²) in [5, 5.41) is 25.4. The van der Waals surface area contributed by atoms with Crippen LogP contribution in [-0.2, 0) is 14.4 Å². The molecular formula is C6H9NO6S. The van der Waals surface area contributed by atoms with Crippen LogP contribution in [-0.4, -0.2) is 39.3 Å². The van der Waals surface area contributed by atoms with E-state index in [2.05, 4.69) is 12.8 Å². The predicted octanol–water partition coefficient (Wildman–Crippen LogP) is -0.950. The minimum atomic E-state index is -1.75. The maximum atomic E-state index is 10.4. The molecule has 4 N–H and O–H groups in total. The van der Waals surface area contributed by atoms with E-state index in [1.54, 1.807) is 0 Å². The maximum Gasteiger partial charge on any atom is 0.321 e. The monoisotopic (exact) mass is 223 g/mol. The molecule has 0 aliphatic heterocycles. The van der Waals surface area contributed by atoms with Gasteiger partial charge in [0.05, 0.1) is 0 Å². The van der Waals surface area contributed by atoms with Crippen LogP contribution >= 0.6 is 12.8 Å². The Balaban J connectivity index is 4.49. The third kappa shape index (κ3) is 3.62. The van der Waals surface area contributed by atoms with Crippen molar-refractivity contribution in [2.75, 3.05) is 0 Å². The number of aliphatic carboxylic acids is 3. The van der Waals surface area contributed by atoms with Gasteiger partial charge in [-0.25, -0.2) is 0 Å². The number of hydrogen-bond donors (Lipinski definition) is 5. The summed E-state index contributed by atoms with van der Waals surface area (Å²) in [6, 6.07) is -1.31. The van der Waals surface area contributed by atoms with E-state index >= 15 is 0 Å². The topological polar surface area (TPSA) is 124 Å². The molecule has 0 saturated carbocycles. The van der Waals surface area contributed by atoms with Crippen molar-refractivity contribution in [3.05, 3.63) is 0 Å². The average molecular weight is 223 g/mol. The lowest BCUT2D eigenvalue weighted by molar-refractivity contribution is -0.155. The van der Waals surface area contributed by atoms with Crippen LogP contribution in [0, 0.1) is 5.92 Å². The quantitative estimate of drug-likeness (QED) is 0.290. The Morgan fingerprint density at radius 3 is 1.71 bits per heavy atom. The molecule has 0 aliphatic carbocycles. The van der Waals surface area contributed by atoms with Crippen LogP contribution in [0.4, 0.5) is 0 Å². The van der Waals surface area contributed by atoms with Gasteiger partial charge in [-0.1, -0.05) is 12.8 Å². The Labute approximate surface area is 84.3 Å². The molecule has 0 radical (unpaired) electrons. The summed E-state index contributed by atoms with van der Waals surface area (Å²) in [6.07, 6.45) is -0.566. The van der Waals surface area contributed by atoms with Gasteiger partial charge in [-0.05, 0) is 6.42 Å². The van der Waals surface area contributed by atoms with E-state index in [9.17, 15) is 14.4 Å². The van der Waals surface area contributed by atoms with Crippen molar-refractivity contribution in [2.24, 2.45) is 5.92 Å². The first-order valence-corrected chi connectivity index (χ1v) is 3.93. The second-order valence-corrected chi connectivity index (χ2v) is 2.74. The molecular weight excluding hydrogens is 214 g/mol. The predicted molar refractivity (Wildman–Crippen MR) is 46.9 cm³/mol. The highest BCUT2D eigenvalue weighted by atomic mass is 32.1. The van der Waals surface area contributed by atoms with E-state index in [0.29, 0.717) is 0 Å². The van der Waals surface area contributed by atoms with Gasteiger partial charge in [-0.3, -0.25) is 19.1 Å². The van der Waals surface area contributed by atoms with Gasteiger partial charge in [0.25, 0.3) is 0 Å². The SMILES string of the molecule is O=C(O)C(C[C@H](NS)C(=O)O)C(=O)O. The van der Waals surface area contributed by atoms with Crippen LogP contribution in [0.5, 0.6) is 0 Å². The molecule has 0 aromatic heterocycles. The van der Waals surface area contributed by atoms with Crippen molar-refractivity contribution in [1.82, 2.24) is 4.72 Å². The van der Waals surface area contributed by atoms with Crippen molar-refractivity contribution >= 4 is 30.7 Å². The molecule has 0 rings (SSSR count). The largest absolute Gasteiger partial charge is 0.481 e. The van der Waals surface area contributed by atoms with Gasteiger partial charge in [-0.2, -0.15) is 0 Å². The number of thiol groups is 1. The molecule has 0 aromatic carbocycles. The summed E-state index contributed by atoms with van der Waals surface area (Å²) in [7, 11) is 0. The Hall–Kier alpha value is -1.28. The van der Waals surface area contributed by atoms with Gasteiger partial charge in [-0.15, -0.1) is 0 Å². The lowest BCUT2D eigenvalue weighted by Gasteiger charge is -2.13. The zero-order chi connectivity index (χ0) is 11.3. The van der Waals surface area contributed by atoms with Crippen LogP contribution in [0.3, 0.4) is 0 Å². The molecule has 0 unspecified atom stereocenters. The van der Waals surface area contributed by atoms with Gasteiger partial charge >= 0.3 is 17.9 Å². The molecule has 7 nitrogen and oxygen atoms in total. The molecule has 8 heteroatoms.